The number of nitrogens with two attached hydrogens (primary N) is 1. The predicted molar refractivity (Wildman–Crippen MR) is 79.4 cm³/mol. The van der Waals surface area contributed by atoms with Crippen LogP contribution in [0.4, 0.5) is 10.2 Å². The van der Waals surface area contributed by atoms with Crippen LogP contribution in [0.15, 0.2) is 33.5 Å². The van der Waals surface area contributed by atoms with Crippen LogP contribution in [0.2, 0.25) is 5.02 Å². The number of anilines is 1. The maximum atomic E-state index is 14.2. The number of benzene rings is 1. The quantitative estimate of drug-likeness (QED) is 0.743. The van der Waals surface area contributed by atoms with Crippen molar-refractivity contribution in [3.63, 3.8) is 0 Å². The SMILES string of the molecule is Cc1cscc1-c1onc(N)c1-c1cccc(Cl)c1F. The first-order valence-corrected chi connectivity index (χ1v) is 7.14. The van der Waals surface area contributed by atoms with Gasteiger partial charge in [-0.05, 0) is 23.9 Å². The number of hydrogen-bond acceptors (Lipinski definition) is 4. The van der Waals surface area contributed by atoms with Crippen LogP contribution in [-0.2, 0) is 0 Å². The molecule has 3 nitrogen and oxygen atoms in total. The van der Waals surface area contributed by atoms with E-state index in [0.717, 1.165) is 11.1 Å². The van der Waals surface area contributed by atoms with E-state index in [4.69, 9.17) is 21.9 Å². The highest BCUT2D eigenvalue weighted by molar-refractivity contribution is 7.08. The van der Waals surface area contributed by atoms with Gasteiger partial charge in [0.1, 0.15) is 5.82 Å². The van der Waals surface area contributed by atoms with Crippen molar-refractivity contribution in [2.45, 2.75) is 6.92 Å². The van der Waals surface area contributed by atoms with Crippen molar-refractivity contribution in [3.8, 4) is 22.5 Å². The summed E-state index contributed by atoms with van der Waals surface area (Å²) in [6.07, 6.45) is 0. The van der Waals surface area contributed by atoms with Gasteiger partial charge in [-0.2, -0.15) is 11.3 Å². The minimum atomic E-state index is -0.529. The normalized spacial score (nSPS) is 10.9. The van der Waals surface area contributed by atoms with E-state index in [2.05, 4.69) is 5.16 Å². The lowest BCUT2D eigenvalue weighted by Gasteiger charge is -2.05. The Balaban J connectivity index is 2.27. The molecule has 0 unspecified atom stereocenters. The summed E-state index contributed by atoms with van der Waals surface area (Å²) in [5.74, 6) is 0.0763. The fourth-order valence-corrected chi connectivity index (χ4v) is 3.04. The largest absolute Gasteiger partial charge is 0.380 e. The summed E-state index contributed by atoms with van der Waals surface area (Å²) in [7, 11) is 0. The molecule has 3 aromatic rings. The van der Waals surface area contributed by atoms with E-state index >= 15 is 0 Å². The van der Waals surface area contributed by atoms with Gasteiger partial charge < -0.3 is 10.3 Å². The molecule has 2 heterocycles. The van der Waals surface area contributed by atoms with Crippen LogP contribution in [0.25, 0.3) is 22.5 Å². The van der Waals surface area contributed by atoms with Crippen molar-refractivity contribution in [1.82, 2.24) is 5.16 Å². The molecule has 0 amide bonds. The first-order chi connectivity index (χ1) is 9.59. The molecule has 0 fully saturated rings. The number of halogens is 2. The van der Waals surface area contributed by atoms with E-state index in [0.29, 0.717) is 11.3 Å². The van der Waals surface area contributed by atoms with E-state index in [9.17, 15) is 4.39 Å². The number of hydrogen-bond donors (Lipinski definition) is 1. The molecular formula is C14H10ClFN2OS. The molecule has 0 spiro atoms. The molecular weight excluding hydrogens is 299 g/mol. The van der Waals surface area contributed by atoms with Crippen LogP contribution >= 0.6 is 22.9 Å². The summed E-state index contributed by atoms with van der Waals surface area (Å²) < 4.78 is 19.5. The average molecular weight is 309 g/mol. The van der Waals surface area contributed by atoms with Gasteiger partial charge in [-0.25, -0.2) is 4.39 Å². The summed E-state index contributed by atoms with van der Waals surface area (Å²) >= 11 is 7.36. The van der Waals surface area contributed by atoms with Gasteiger partial charge in [-0.1, -0.05) is 28.9 Å². The van der Waals surface area contributed by atoms with E-state index in [-0.39, 0.29) is 16.4 Å². The smallest absolute Gasteiger partial charge is 0.178 e. The summed E-state index contributed by atoms with van der Waals surface area (Å²) in [4.78, 5) is 0. The lowest BCUT2D eigenvalue weighted by atomic mass is 10.0. The third kappa shape index (κ3) is 1.99. The lowest BCUT2D eigenvalue weighted by Crippen LogP contribution is -1.92. The second-order valence-electron chi connectivity index (χ2n) is 4.34. The molecule has 0 bridgehead atoms. The second-order valence-corrected chi connectivity index (χ2v) is 5.49. The Morgan fingerprint density at radius 1 is 1.30 bits per heavy atom. The van der Waals surface area contributed by atoms with Crippen LogP contribution in [0.1, 0.15) is 5.56 Å². The molecule has 2 aromatic heterocycles. The summed E-state index contributed by atoms with van der Waals surface area (Å²) in [5.41, 5.74) is 8.44. The minimum absolute atomic E-state index is 0.0380. The van der Waals surface area contributed by atoms with Crippen molar-refractivity contribution in [3.05, 3.63) is 45.4 Å². The number of nitrogen functional groups attached to an aromatic ring is 1. The Bertz CT molecular complexity index is 781. The molecule has 0 saturated carbocycles. The fraction of sp³-hybridized carbons (Fsp3) is 0.0714. The molecule has 0 aliphatic rings. The van der Waals surface area contributed by atoms with Gasteiger partial charge in [0.15, 0.2) is 11.6 Å². The lowest BCUT2D eigenvalue weighted by molar-refractivity contribution is 0.436. The molecule has 3 rings (SSSR count). The Morgan fingerprint density at radius 3 is 2.80 bits per heavy atom. The van der Waals surface area contributed by atoms with Crippen molar-refractivity contribution in [2.24, 2.45) is 0 Å². The van der Waals surface area contributed by atoms with Gasteiger partial charge in [0.25, 0.3) is 0 Å². The topological polar surface area (TPSA) is 52.0 Å². The zero-order chi connectivity index (χ0) is 14.3. The number of rotatable bonds is 2. The number of aryl methyl sites for hydroxylation is 1. The Morgan fingerprint density at radius 2 is 2.10 bits per heavy atom. The highest BCUT2D eigenvalue weighted by Gasteiger charge is 2.22. The second kappa shape index (κ2) is 4.92. The molecule has 1 aromatic carbocycles. The third-order valence-electron chi connectivity index (χ3n) is 3.04. The molecule has 0 atom stereocenters. The Hall–Kier alpha value is -1.85. The average Bonchev–Trinajstić information content (AvgIpc) is 2.99. The van der Waals surface area contributed by atoms with Crippen molar-refractivity contribution in [1.29, 1.82) is 0 Å². The predicted octanol–water partition coefficient (Wildman–Crippen LogP) is 4.75. The molecule has 0 radical (unpaired) electrons. The third-order valence-corrected chi connectivity index (χ3v) is 4.19. The van der Waals surface area contributed by atoms with Crippen LogP contribution in [0.5, 0.6) is 0 Å². The zero-order valence-corrected chi connectivity index (χ0v) is 12.1. The zero-order valence-electron chi connectivity index (χ0n) is 10.5. The van der Waals surface area contributed by atoms with Crippen LogP contribution in [-0.4, -0.2) is 5.16 Å². The standard InChI is InChI=1S/C14H10ClFN2OS/c1-7-5-20-6-9(7)13-11(14(17)18-19-13)8-3-2-4-10(15)12(8)16/h2-6H,1H3,(H2,17,18). The van der Waals surface area contributed by atoms with Gasteiger partial charge in [-0.15, -0.1) is 0 Å². The summed E-state index contributed by atoms with van der Waals surface area (Å²) in [6.45, 7) is 1.95. The van der Waals surface area contributed by atoms with Crippen molar-refractivity contribution < 1.29 is 8.91 Å². The molecule has 20 heavy (non-hydrogen) atoms. The van der Waals surface area contributed by atoms with Gasteiger partial charge in [0.2, 0.25) is 0 Å². The van der Waals surface area contributed by atoms with E-state index in [1.54, 1.807) is 12.1 Å². The summed E-state index contributed by atoms with van der Waals surface area (Å²) in [5, 5.41) is 7.69. The Kier molecular flexibility index (Phi) is 3.23. The van der Waals surface area contributed by atoms with E-state index < -0.39 is 5.82 Å². The van der Waals surface area contributed by atoms with E-state index in [1.807, 2.05) is 17.7 Å². The first-order valence-electron chi connectivity index (χ1n) is 5.82. The van der Waals surface area contributed by atoms with Crippen molar-refractivity contribution in [2.75, 3.05) is 5.73 Å². The van der Waals surface area contributed by atoms with Gasteiger partial charge >= 0.3 is 0 Å². The summed E-state index contributed by atoms with van der Waals surface area (Å²) in [6, 6.07) is 4.76. The highest BCUT2D eigenvalue weighted by atomic mass is 35.5. The molecule has 0 aliphatic heterocycles. The number of thiophene rings is 1. The molecule has 2 N–H and O–H groups in total. The molecule has 0 saturated heterocycles. The van der Waals surface area contributed by atoms with E-state index in [1.165, 1.54) is 17.4 Å². The monoisotopic (exact) mass is 308 g/mol. The molecule has 102 valence electrons. The number of aromatic nitrogens is 1. The van der Waals surface area contributed by atoms with Gasteiger partial charge in [0.05, 0.1) is 10.6 Å². The maximum absolute atomic E-state index is 14.2. The van der Waals surface area contributed by atoms with Crippen molar-refractivity contribution >= 4 is 28.8 Å². The molecule has 0 aliphatic carbocycles. The van der Waals surface area contributed by atoms with Gasteiger partial charge in [-0.3, -0.25) is 0 Å². The maximum Gasteiger partial charge on any atom is 0.178 e. The Labute approximate surface area is 123 Å². The van der Waals surface area contributed by atoms with Gasteiger partial charge in [0, 0.05) is 16.5 Å². The van der Waals surface area contributed by atoms with Crippen LogP contribution in [0.3, 0.4) is 0 Å². The number of nitrogens with zero attached hydrogens (tertiary/aromatic N) is 1. The van der Waals surface area contributed by atoms with Crippen LogP contribution in [0, 0.1) is 12.7 Å². The fourth-order valence-electron chi connectivity index (χ4n) is 2.04. The molecule has 6 heteroatoms. The minimum Gasteiger partial charge on any atom is -0.380 e. The highest BCUT2D eigenvalue weighted by Crippen LogP contribution is 2.41. The van der Waals surface area contributed by atoms with Crippen LogP contribution < -0.4 is 5.73 Å². The first kappa shape index (κ1) is 13.1.